The number of imidazole rings is 1. The van der Waals surface area contributed by atoms with Crippen LogP contribution >= 0.6 is 0 Å². The molecule has 3 aromatic heterocycles. The lowest BCUT2D eigenvalue weighted by Gasteiger charge is -2.12. The van der Waals surface area contributed by atoms with Crippen molar-refractivity contribution in [1.29, 1.82) is 0 Å². The van der Waals surface area contributed by atoms with Crippen LogP contribution in [0.25, 0.3) is 5.82 Å². The third-order valence-electron chi connectivity index (χ3n) is 5.46. The Balaban J connectivity index is 1.24. The summed E-state index contributed by atoms with van der Waals surface area (Å²) in [5.41, 5.74) is 2.50. The van der Waals surface area contributed by atoms with Gasteiger partial charge in [-0.3, -0.25) is 9.36 Å². The van der Waals surface area contributed by atoms with Crippen LogP contribution in [-0.2, 0) is 0 Å². The van der Waals surface area contributed by atoms with Gasteiger partial charge in [-0.2, -0.15) is 0 Å². The molecule has 9 heteroatoms. The first kappa shape index (κ1) is 20.8. The van der Waals surface area contributed by atoms with Gasteiger partial charge in [0.25, 0.3) is 5.91 Å². The molecule has 1 aliphatic carbocycles. The van der Waals surface area contributed by atoms with Crippen LogP contribution < -0.4 is 15.4 Å². The van der Waals surface area contributed by atoms with E-state index in [2.05, 4.69) is 30.6 Å². The normalized spacial score (nSPS) is 13.9. The quantitative estimate of drug-likeness (QED) is 0.539. The number of ether oxygens (including phenoxy) is 1. The SMILES string of the molecule is Cc1ncn(-c2cc(NCCNC(=O)c3ccc(OC4CCCC4)nc3)ncn2)c1C. The van der Waals surface area contributed by atoms with E-state index >= 15 is 0 Å². The number of nitrogens with zero attached hydrogens (tertiary/aromatic N) is 5. The van der Waals surface area contributed by atoms with Crippen LogP contribution in [0.15, 0.2) is 37.1 Å². The zero-order valence-electron chi connectivity index (χ0n) is 17.8. The molecule has 0 aliphatic heterocycles. The minimum absolute atomic E-state index is 0.172. The summed E-state index contributed by atoms with van der Waals surface area (Å²) in [4.78, 5) is 29.4. The van der Waals surface area contributed by atoms with Crippen molar-refractivity contribution in [3.63, 3.8) is 0 Å². The summed E-state index contributed by atoms with van der Waals surface area (Å²) >= 11 is 0. The molecule has 4 rings (SSSR count). The standard InChI is InChI=1S/C22H27N7O2/c1-15-16(2)29(14-28-15)20-11-19(26-13-27-20)23-9-10-24-22(30)17-7-8-21(25-12-17)31-18-5-3-4-6-18/h7-8,11-14,18H,3-6,9-10H2,1-2H3,(H,24,30)(H,23,26,27). The molecule has 162 valence electrons. The molecule has 0 radical (unpaired) electrons. The maximum Gasteiger partial charge on any atom is 0.252 e. The van der Waals surface area contributed by atoms with E-state index in [0.717, 1.165) is 30.0 Å². The zero-order chi connectivity index (χ0) is 21.6. The third kappa shape index (κ3) is 5.17. The van der Waals surface area contributed by atoms with E-state index in [1.165, 1.54) is 19.2 Å². The monoisotopic (exact) mass is 421 g/mol. The molecule has 0 unspecified atom stereocenters. The van der Waals surface area contributed by atoms with Gasteiger partial charge in [0.2, 0.25) is 5.88 Å². The van der Waals surface area contributed by atoms with Crippen LogP contribution in [0.2, 0.25) is 0 Å². The molecule has 0 atom stereocenters. The van der Waals surface area contributed by atoms with Crippen molar-refractivity contribution in [2.45, 2.75) is 45.6 Å². The second-order valence-corrected chi connectivity index (χ2v) is 7.64. The Labute approximate surface area is 181 Å². The van der Waals surface area contributed by atoms with E-state index in [0.29, 0.717) is 30.4 Å². The number of aromatic nitrogens is 5. The maximum absolute atomic E-state index is 12.3. The van der Waals surface area contributed by atoms with Crippen molar-refractivity contribution in [1.82, 2.24) is 29.8 Å². The van der Waals surface area contributed by atoms with Crippen molar-refractivity contribution in [3.05, 3.63) is 54.0 Å². The van der Waals surface area contributed by atoms with E-state index < -0.39 is 0 Å². The number of carbonyl (C=O) groups excluding carboxylic acids is 1. The van der Waals surface area contributed by atoms with E-state index in [-0.39, 0.29) is 12.0 Å². The molecule has 3 aromatic rings. The van der Waals surface area contributed by atoms with Crippen LogP contribution in [0.5, 0.6) is 5.88 Å². The summed E-state index contributed by atoms with van der Waals surface area (Å²) in [5.74, 6) is 1.83. The zero-order valence-corrected chi connectivity index (χ0v) is 17.8. The van der Waals surface area contributed by atoms with Crippen LogP contribution in [-0.4, -0.2) is 49.6 Å². The van der Waals surface area contributed by atoms with Crippen molar-refractivity contribution in [3.8, 4) is 11.7 Å². The number of amides is 1. The molecule has 9 nitrogen and oxygen atoms in total. The lowest BCUT2D eigenvalue weighted by atomic mass is 10.2. The average molecular weight is 422 g/mol. The predicted octanol–water partition coefficient (Wildman–Crippen LogP) is 2.84. The molecule has 2 N–H and O–H groups in total. The van der Waals surface area contributed by atoms with Crippen LogP contribution in [0, 0.1) is 13.8 Å². The summed E-state index contributed by atoms with van der Waals surface area (Å²) < 4.78 is 7.75. The number of carbonyl (C=O) groups is 1. The van der Waals surface area contributed by atoms with Crippen LogP contribution in [0.1, 0.15) is 47.4 Å². The van der Waals surface area contributed by atoms with E-state index in [4.69, 9.17) is 4.74 Å². The minimum atomic E-state index is -0.172. The fraction of sp³-hybridized carbons (Fsp3) is 0.409. The highest BCUT2D eigenvalue weighted by Crippen LogP contribution is 2.22. The van der Waals surface area contributed by atoms with Crippen molar-refractivity contribution >= 4 is 11.7 Å². The van der Waals surface area contributed by atoms with Crippen molar-refractivity contribution in [2.75, 3.05) is 18.4 Å². The minimum Gasteiger partial charge on any atom is -0.474 e. The number of hydrogen-bond acceptors (Lipinski definition) is 7. The fourth-order valence-electron chi connectivity index (χ4n) is 3.54. The lowest BCUT2D eigenvalue weighted by Crippen LogP contribution is -2.29. The van der Waals surface area contributed by atoms with Gasteiger partial charge in [0.15, 0.2) is 0 Å². The van der Waals surface area contributed by atoms with Gasteiger partial charge in [0.1, 0.15) is 30.4 Å². The summed E-state index contributed by atoms with van der Waals surface area (Å²) in [7, 11) is 0. The van der Waals surface area contributed by atoms with Crippen molar-refractivity contribution in [2.24, 2.45) is 0 Å². The molecule has 0 saturated heterocycles. The molecular formula is C22H27N7O2. The second-order valence-electron chi connectivity index (χ2n) is 7.64. The molecule has 1 amide bonds. The number of aryl methyl sites for hydroxylation is 1. The van der Waals surface area contributed by atoms with Crippen molar-refractivity contribution < 1.29 is 9.53 Å². The van der Waals surface area contributed by atoms with E-state index in [1.54, 1.807) is 24.7 Å². The number of hydrogen-bond donors (Lipinski definition) is 2. The van der Waals surface area contributed by atoms with Gasteiger partial charge >= 0.3 is 0 Å². The number of rotatable bonds is 8. The first-order valence-electron chi connectivity index (χ1n) is 10.6. The summed E-state index contributed by atoms with van der Waals surface area (Å²) in [6, 6.07) is 5.35. The Morgan fingerprint density at radius 2 is 1.97 bits per heavy atom. The average Bonchev–Trinajstić information content (AvgIpc) is 3.42. The highest BCUT2D eigenvalue weighted by atomic mass is 16.5. The number of pyridine rings is 1. The molecule has 0 spiro atoms. The molecule has 1 saturated carbocycles. The summed E-state index contributed by atoms with van der Waals surface area (Å²) in [5, 5.41) is 6.08. The van der Waals surface area contributed by atoms with E-state index in [1.807, 2.05) is 24.5 Å². The highest BCUT2D eigenvalue weighted by Gasteiger charge is 2.17. The summed E-state index contributed by atoms with van der Waals surface area (Å²) in [6.45, 7) is 4.93. The molecule has 0 bridgehead atoms. The number of anilines is 1. The van der Waals surface area contributed by atoms with Gasteiger partial charge in [0, 0.05) is 37.1 Å². The molecule has 0 aromatic carbocycles. The lowest BCUT2D eigenvalue weighted by molar-refractivity contribution is 0.0954. The fourth-order valence-corrected chi connectivity index (χ4v) is 3.54. The Kier molecular flexibility index (Phi) is 6.40. The molecule has 1 fully saturated rings. The third-order valence-corrected chi connectivity index (χ3v) is 5.46. The number of nitrogens with one attached hydrogen (secondary N) is 2. The van der Waals surface area contributed by atoms with E-state index in [9.17, 15) is 4.79 Å². The molecular weight excluding hydrogens is 394 g/mol. The Bertz CT molecular complexity index is 1030. The Morgan fingerprint density at radius 1 is 1.13 bits per heavy atom. The molecule has 1 aliphatic rings. The first-order chi connectivity index (χ1) is 15.1. The van der Waals surface area contributed by atoms with Gasteiger partial charge in [-0.1, -0.05) is 0 Å². The first-order valence-corrected chi connectivity index (χ1v) is 10.6. The van der Waals surface area contributed by atoms with Gasteiger partial charge in [0.05, 0.1) is 11.3 Å². The van der Waals surface area contributed by atoms with Crippen LogP contribution in [0.4, 0.5) is 5.82 Å². The van der Waals surface area contributed by atoms with Crippen LogP contribution in [0.3, 0.4) is 0 Å². The predicted molar refractivity (Wildman–Crippen MR) is 117 cm³/mol. The van der Waals surface area contributed by atoms with Gasteiger partial charge in [-0.25, -0.2) is 19.9 Å². The smallest absolute Gasteiger partial charge is 0.252 e. The summed E-state index contributed by atoms with van der Waals surface area (Å²) in [6.07, 6.45) is 9.62. The Morgan fingerprint density at radius 3 is 2.68 bits per heavy atom. The molecule has 31 heavy (non-hydrogen) atoms. The topological polar surface area (TPSA) is 107 Å². The second kappa shape index (κ2) is 9.55. The highest BCUT2D eigenvalue weighted by molar-refractivity contribution is 5.93. The largest absolute Gasteiger partial charge is 0.474 e. The van der Waals surface area contributed by atoms with Gasteiger partial charge in [-0.05, 0) is 45.6 Å². The molecule has 3 heterocycles. The van der Waals surface area contributed by atoms with Gasteiger partial charge in [-0.15, -0.1) is 0 Å². The Hall–Kier alpha value is -3.49. The van der Waals surface area contributed by atoms with Gasteiger partial charge < -0.3 is 15.4 Å². The maximum atomic E-state index is 12.3.